The molecule has 6 nitrogen and oxygen atoms in total. The molecule has 0 heterocycles. The zero-order valence-corrected chi connectivity index (χ0v) is 17.7. The maximum absolute atomic E-state index is 12.6. The van der Waals surface area contributed by atoms with Crippen LogP contribution in [0.3, 0.4) is 0 Å². The van der Waals surface area contributed by atoms with Crippen molar-refractivity contribution in [3.63, 3.8) is 0 Å². The van der Waals surface area contributed by atoms with E-state index >= 15 is 0 Å². The van der Waals surface area contributed by atoms with Gasteiger partial charge in [0.25, 0.3) is 0 Å². The molecule has 0 aliphatic carbocycles. The quantitative estimate of drug-likeness (QED) is 0.633. The van der Waals surface area contributed by atoms with Crippen molar-refractivity contribution in [2.24, 2.45) is 0 Å². The van der Waals surface area contributed by atoms with Gasteiger partial charge in [-0.05, 0) is 54.8 Å². The van der Waals surface area contributed by atoms with Crippen LogP contribution in [0.15, 0.2) is 48.5 Å². The van der Waals surface area contributed by atoms with Gasteiger partial charge in [0.15, 0.2) is 0 Å². The summed E-state index contributed by atoms with van der Waals surface area (Å²) >= 11 is 0. The lowest BCUT2D eigenvalue weighted by Gasteiger charge is -2.21. The number of carbonyl (C=O) groups is 2. The van der Waals surface area contributed by atoms with Gasteiger partial charge in [-0.15, -0.1) is 0 Å². The predicted molar refractivity (Wildman–Crippen MR) is 118 cm³/mol. The molecule has 156 valence electrons. The van der Waals surface area contributed by atoms with E-state index in [1.54, 1.807) is 36.3 Å². The first kappa shape index (κ1) is 22.4. The lowest BCUT2D eigenvalue weighted by Crippen LogP contribution is -2.38. The minimum Gasteiger partial charge on any atom is -0.497 e. The van der Waals surface area contributed by atoms with Crippen molar-refractivity contribution in [1.29, 1.82) is 0 Å². The Bertz CT molecular complexity index is 805. The van der Waals surface area contributed by atoms with Gasteiger partial charge in [0.05, 0.1) is 20.2 Å². The molecule has 6 heteroatoms. The van der Waals surface area contributed by atoms with Gasteiger partial charge in [-0.2, -0.15) is 0 Å². The molecule has 0 saturated carbocycles. The van der Waals surface area contributed by atoms with Gasteiger partial charge in [-0.25, -0.2) is 0 Å². The average molecular weight is 398 g/mol. The first-order valence-electron chi connectivity index (χ1n) is 10.0. The Morgan fingerprint density at radius 1 is 0.966 bits per heavy atom. The Hall–Kier alpha value is -2.86. The Morgan fingerprint density at radius 3 is 2.17 bits per heavy atom. The summed E-state index contributed by atoms with van der Waals surface area (Å²) in [5.41, 5.74) is 2.66. The number of para-hydroxylation sites is 1. The molecule has 0 bridgehead atoms. The molecular formula is C23H31N3O3. The van der Waals surface area contributed by atoms with Gasteiger partial charge >= 0.3 is 0 Å². The fraction of sp³-hybridized carbons (Fsp3) is 0.391. The minimum atomic E-state index is -0.162. The van der Waals surface area contributed by atoms with E-state index in [2.05, 4.69) is 24.5 Å². The van der Waals surface area contributed by atoms with Crippen molar-refractivity contribution in [2.45, 2.75) is 33.1 Å². The SMILES string of the molecule is CC[C@@H](C)c1ccccc1NC(=O)CN(CC)CC(=O)Nc1ccc(OC)cc1. The summed E-state index contributed by atoms with van der Waals surface area (Å²) < 4.78 is 5.11. The highest BCUT2D eigenvalue weighted by Crippen LogP contribution is 2.26. The number of benzene rings is 2. The second-order valence-electron chi connectivity index (χ2n) is 7.02. The maximum atomic E-state index is 12.6. The van der Waals surface area contributed by atoms with Gasteiger partial charge in [0.2, 0.25) is 11.8 Å². The Labute approximate surface area is 173 Å². The Kier molecular flexibility index (Phi) is 8.68. The first-order chi connectivity index (χ1) is 14.0. The molecule has 2 amide bonds. The topological polar surface area (TPSA) is 70.7 Å². The number of amides is 2. The third-order valence-electron chi connectivity index (χ3n) is 4.93. The normalized spacial score (nSPS) is 11.8. The van der Waals surface area contributed by atoms with Crippen LogP contribution in [0.25, 0.3) is 0 Å². The Balaban J connectivity index is 1.91. The van der Waals surface area contributed by atoms with Crippen molar-refractivity contribution in [1.82, 2.24) is 4.90 Å². The summed E-state index contributed by atoms with van der Waals surface area (Å²) in [5.74, 6) is 0.807. The molecule has 0 aliphatic heterocycles. The standard InChI is InChI=1S/C23H31N3O3/c1-5-17(3)20-9-7-8-10-21(20)25-23(28)16-26(6-2)15-22(27)24-18-11-13-19(29-4)14-12-18/h7-14,17H,5-6,15-16H2,1-4H3,(H,24,27)(H,25,28)/t17-/m1/s1. The van der Waals surface area contributed by atoms with E-state index in [0.29, 0.717) is 18.2 Å². The molecule has 2 aromatic carbocycles. The zero-order valence-electron chi connectivity index (χ0n) is 17.7. The number of methoxy groups -OCH3 is 1. The lowest BCUT2D eigenvalue weighted by molar-refractivity contribution is -0.119. The minimum absolute atomic E-state index is 0.125. The molecular weight excluding hydrogens is 366 g/mol. The summed E-state index contributed by atoms with van der Waals surface area (Å²) in [5, 5.41) is 5.84. The molecule has 1 atom stereocenters. The Morgan fingerprint density at radius 2 is 1.59 bits per heavy atom. The largest absolute Gasteiger partial charge is 0.497 e. The summed E-state index contributed by atoms with van der Waals surface area (Å²) in [6, 6.07) is 15.0. The van der Waals surface area contributed by atoms with E-state index in [1.165, 1.54) is 0 Å². The maximum Gasteiger partial charge on any atom is 0.238 e. The van der Waals surface area contributed by atoms with E-state index in [-0.39, 0.29) is 24.9 Å². The van der Waals surface area contributed by atoms with Crippen LogP contribution in [-0.4, -0.2) is 43.5 Å². The summed E-state index contributed by atoms with van der Waals surface area (Å²) in [6.45, 7) is 7.10. The van der Waals surface area contributed by atoms with Crippen LogP contribution in [0, 0.1) is 0 Å². The zero-order chi connectivity index (χ0) is 21.2. The van der Waals surface area contributed by atoms with E-state index in [0.717, 1.165) is 23.4 Å². The summed E-state index contributed by atoms with van der Waals surface area (Å²) in [6.07, 6.45) is 1.000. The van der Waals surface area contributed by atoms with Gasteiger partial charge in [0, 0.05) is 11.4 Å². The van der Waals surface area contributed by atoms with Crippen LogP contribution in [-0.2, 0) is 9.59 Å². The molecule has 0 unspecified atom stereocenters. The number of hydrogen-bond acceptors (Lipinski definition) is 4. The molecule has 2 rings (SSSR count). The third kappa shape index (κ3) is 6.91. The van der Waals surface area contributed by atoms with Crippen molar-refractivity contribution >= 4 is 23.2 Å². The monoisotopic (exact) mass is 397 g/mol. The second kappa shape index (κ2) is 11.2. The van der Waals surface area contributed by atoms with Crippen LogP contribution >= 0.6 is 0 Å². The molecule has 0 saturated heterocycles. The number of likely N-dealkylation sites (N-methyl/N-ethyl adjacent to an activating group) is 1. The van der Waals surface area contributed by atoms with Crippen LogP contribution in [0.1, 0.15) is 38.7 Å². The van der Waals surface area contributed by atoms with Crippen LogP contribution in [0.4, 0.5) is 11.4 Å². The lowest BCUT2D eigenvalue weighted by atomic mass is 9.97. The third-order valence-corrected chi connectivity index (χ3v) is 4.93. The van der Waals surface area contributed by atoms with Gasteiger partial charge in [0.1, 0.15) is 5.75 Å². The van der Waals surface area contributed by atoms with E-state index in [9.17, 15) is 9.59 Å². The van der Waals surface area contributed by atoms with Crippen molar-refractivity contribution in [2.75, 3.05) is 37.4 Å². The smallest absolute Gasteiger partial charge is 0.238 e. The fourth-order valence-electron chi connectivity index (χ4n) is 3.01. The van der Waals surface area contributed by atoms with E-state index < -0.39 is 0 Å². The molecule has 2 N–H and O–H groups in total. The molecule has 0 aromatic heterocycles. The van der Waals surface area contributed by atoms with Gasteiger partial charge in [-0.1, -0.05) is 39.0 Å². The second-order valence-corrected chi connectivity index (χ2v) is 7.02. The number of nitrogens with one attached hydrogen (secondary N) is 2. The molecule has 0 fully saturated rings. The van der Waals surface area contributed by atoms with Crippen LogP contribution in [0.5, 0.6) is 5.75 Å². The number of ether oxygens (including phenoxy) is 1. The number of anilines is 2. The van der Waals surface area contributed by atoms with E-state index in [1.807, 2.05) is 31.2 Å². The highest BCUT2D eigenvalue weighted by atomic mass is 16.5. The van der Waals surface area contributed by atoms with Gasteiger partial charge in [-0.3, -0.25) is 14.5 Å². The molecule has 0 spiro atoms. The van der Waals surface area contributed by atoms with Gasteiger partial charge < -0.3 is 15.4 Å². The molecule has 0 radical (unpaired) electrons. The summed E-state index contributed by atoms with van der Waals surface area (Å²) in [7, 11) is 1.60. The molecule has 29 heavy (non-hydrogen) atoms. The first-order valence-corrected chi connectivity index (χ1v) is 10.0. The fourth-order valence-corrected chi connectivity index (χ4v) is 3.01. The summed E-state index contributed by atoms with van der Waals surface area (Å²) in [4.78, 5) is 26.7. The number of rotatable bonds is 10. The van der Waals surface area contributed by atoms with E-state index in [4.69, 9.17) is 4.74 Å². The number of carbonyl (C=O) groups excluding carboxylic acids is 2. The van der Waals surface area contributed by atoms with Crippen molar-refractivity contribution < 1.29 is 14.3 Å². The number of nitrogens with zero attached hydrogens (tertiary/aromatic N) is 1. The van der Waals surface area contributed by atoms with Crippen LogP contribution in [0.2, 0.25) is 0 Å². The average Bonchev–Trinajstić information content (AvgIpc) is 2.73. The van der Waals surface area contributed by atoms with Crippen molar-refractivity contribution in [3.05, 3.63) is 54.1 Å². The molecule has 0 aliphatic rings. The molecule has 2 aromatic rings. The van der Waals surface area contributed by atoms with Crippen molar-refractivity contribution in [3.8, 4) is 5.75 Å². The predicted octanol–water partition coefficient (Wildman–Crippen LogP) is 4.11. The highest BCUT2D eigenvalue weighted by molar-refractivity contribution is 5.95. The van der Waals surface area contributed by atoms with Crippen LogP contribution < -0.4 is 15.4 Å². The number of hydrogen-bond donors (Lipinski definition) is 2. The highest BCUT2D eigenvalue weighted by Gasteiger charge is 2.15.